The smallest absolute Gasteiger partial charge is 0.306 e. The van der Waals surface area contributed by atoms with Crippen LogP contribution >= 0.6 is 0 Å². The molecule has 0 bridgehead atoms. The number of esters is 3. The van der Waals surface area contributed by atoms with Gasteiger partial charge in [0.05, 0.1) is 0 Å². The number of rotatable bonds is 51. The van der Waals surface area contributed by atoms with E-state index >= 15 is 0 Å². The van der Waals surface area contributed by atoms with Crippen LogP contribution in [0.1, 0.15) is 297 Å². The monoisotopic (exact) mass is 899 g/mol. The second-order valence-corrected chi connectivity index (χ2v) is 18.8. The zero-order valence-electron chi connectivity index (χ0n) is 42.8. The second kappa shape index (κ2) is 53.2. The molecule has 0 aliphatic carbocycles. The Kier molecular flexibility index (Phi) is 51.3. The van der Waals surface area contributed by atoms with Gasteiger partial charge in [-0.05, 0) is 96.3 Å². The van der Waals surface area contributed by atoms with E-state index in [0.717, 1.165) is 70.6 Å². The predicted octanol–water partition coefficient (Wildman–Crippen LogP) is 18.5. The molecule has 0 aliphatic heterocycles. The highest BCUT2D eigenvalue weighted by Crippen LogP contribution is 2.15. The molecule has 64 heavy (non-hydrogen) atoms. The molecule has 0 aromatic rings. The third-order valence-corrected chi connectivity index (χ3v) is 12.3. The Labute approximate surface area is 397 Å². The van der Waals surface area contributed by atoms with Gasteiger partial charge in [-0.15, -0.1) is 0 Å². The summed E-state index contributed by atoms with van der Waals surface area (Å²) in [6.07, 6.45) is 62.7. The Hall–Kier alpha value is -2.37. The van der Waals surface area contributed by atoms with Gasteiger partial charge in [-0.3, -0.25) is 14.4 Å². The maximum Gasteiger partial charge on any atom is 0.306 e. The highest BCUT2D eigenvalue weighted by atomic mass is 16.6. The summed E-state index contributed by atoms with van der Waals surface area (Å²) in [6, 6.07) is 0. The van der Waals surface area contributed by atoms with Crippen molar-refractivity contribution in [3.8, 4) is 0 Å². The summed E-state index contributed by atoms with van der Waals surface area (Å²) in [5.41, 5.74) is 0. The van der Waals surface area contributed by atoms with Crippen molar-refractivity contribution in [3.05, 3.63) is 36.5 Å². The molecule has 0 heterocycles. The van der Waals surface area contributed by atoms with E-state index in [-0.39, 0.29) is 31.1 Å². The topological polar surface area (TPSA) is 78.9 Å². The fraction of sp³-hybridized carbons (Fsp3) is 0.845. The summed E-state index contributed by atoms with van der Waals surface area (Å²) in [4.78, 5) is 38.1. The molecule has 6 heteroatoms. The summed E-state index contributed by atoms with van der Waals surface area (Å²) in [5, 5.41) is 0. The molecule has 0 spiro atoms. The molecule has 0 saturated heterocycles. The Morgan fingerprint density at radius 3 is 0.781 bits per heavy atom. The molecule has 0 saturated carbocycles. The Balaban J connectivity index is 4.36. The summed E-state index contributed by atoms with van der Waals surface area (Å²) in [5.74, 6) is -0.887. The quantitative estimate of drug-likeness (QED) is 0.0262. The molecule has 1 atom stereocenters. The van der Waals surface area contributed by atoms with E-state index in [2.05, 4.69) is 57.2 Å². The van der Waals surface area contributed by atoms with Crippen molar-refractivity contribution in [2.24, 2.45) is 0 Å². The Morgan fingerprint density at radius 2 is 0.516 bits per heavy atom. The highest BCUT2D eigenvalue weighted by Gasteiger charge is 2.19. The summed E-state index contributed by atoms with van der Waals surface area (Å²) in [7, 11) is 0. The molecule has 0 radical (unpaired) electrons. The molecule has 374 valence electrons. The van der Waals surface area contributed by atoms with Crippen molar-refractivity contribution in [1.82, 2.24) is 0 Å². The summed E-state index contributed by atoms with van der Waals surface area (Å²) < 4.78 is 16.8. The molecule has 0 aliphatic rings. The molecule has 1 unspecified atom stereocenters. The van der Waals surface area contributed by atoms with Crippen LogP contribution in [0.2, 0.25) is 0 Å². The molecule has 0 fully saturated rings. The average molecular weight is 899 g/mol. The van der Waals surface area contributed by atoms with Gasteiger partial charge in [-0.1, -0.05) is 218 Å². The van der Waals surface area contributed by atoms with Crippen LogP contribution in [0.4, 0.5) is 0 Å². The van der Waals surface area contributed by atoms with Crippen LogP contribution in [0.3, 0.4) is 0 Å². The van der Waals surface area contributed by atoms with E-state index in [0.29, 0.717) is 19.3 Å². The molecule has 0 N–H and O–H groups in total. The third kappa shape index (κ3) is 50.6. The number of hydrogen-bond donors (Lipinski definition) is 0. The van der Waals surface area contributed by atoms with Gasteiger partial charge >= 0.3 is 17.9 Å². The van der Waals surface area contributed by atoms with Gasteiger partial charge < -0.3 is 14.2 Å². The minimum Gasteiger partial charge on any atom is -0.462 e. The van der Waals surface area contributed by atoms with Crippen molar-refractivity contribution < 1.29 is 28.6 Å². The van der Waals surface area contributed by atoms with Gasteiger partial charge in [-0.25, -0.2) is 0 Å². The lowest BCUT2D eigenvalue weighted by molar-refractivity contribution is -0.167. The molecule has 0 aromatic heterocycles. The molecular weight excluding hydrogens is 793 g/mol. The van der Waals surface area contributed by atoms with E-state index in [9.17, 15) is 14.4 Å². The van der Waals surface area contributed by atoms with Gasteiger partial charge in [0.2, 0.25) is 0 Å². The first-order valence-electron chi connectivity index (χ1n) is 28.0. The van der Waals surface area contributed by atoms with Gasteiger partial charge in [0.1, 0.15) is 13.2 Å². The van der Waals surface area contributed by atoms with Crippen LogP contribution in [0.25, 0.3) is 0 Å². The zero-order chi connectivity index (χ0) is 46.5. The fourth-order valence-corrected chi connectivity index (χ4v) is 8.07. The first-order chi connectivity index (χ1) is 31.5. The number of ether oxygens (including phenoxy) is 3. The van der Waals surface area contributed by atoms with E-state index < -0.39 is 6.10 Å². The molecular formula is C58H106O6. The largest absolute Gasteiger partial charge is 0.462 e. The Morgan fingerprint density at radius 1 is 0.297 bits per heavy atom. The van der Waals surface area contributed by atoms with Crippen molar-refractivity contribution in [2.75, 3.05) is 13.2 Å². The first kappa shape index (κ1) is 61.6. The molecule has 0 rings (SSSR count). The zero-order valence-corrected chi connectivity index (χ0v) is 42.8. The normalized spacial score (nSPS) is 12.2. The van der Waals surface area contributed by atoms with E-state index in [1.165, 1.54) is 186 Å². The van der Waals surface area contributed by atoms with Crippen LogP contribution in [0.5, 0.6) is 0 Å². The lowest BCUT2D eigenvalue weighted by Gasteiger charge is -2.18. The van der Waals surface area contributed by atoms with E-state index in [1.54, 1.807) is 0 Å². The minimum atomic E-state index is -0.779. The second-order valence-electron chi connectivity index (χ2n) is 18.8. The molecule has 6 nitrogen and oxygen atoms in total. The van der Waals surface area contributed by atoms with Gasteiger partial charge in [-0.2, -0.15) is 0 Å². The fourth-order valence-electron chi connectivity index (χ4n) is 8.07. The summed E-state index contributed by atoms with van der Waals surface area (Å²) >= 11 is 0. The third-order valence-electron chi connectivity index (χ3n) is 12.3. The number of carbonyl (C=O) groups is 3. The van der Waals surface area contributed by atoms with Crippen LogP contribution in [0, 0.1) is 0 Å². The maximum absolute atomic E-state index is 12.8. The van der Waals surface area contributed by atoms with Crippen molar-refractivity contribution in [3.63, 3.8) is 0 Å². The molecule has 0 aromatic carbocycles. The SMILES string of the molecule is CCCCCCC/C=C\CCCCCCCC(=O)OCC(COC(=O)CCCCCCCCC/C=C\CCCCCCCCC)OC(=O)CCCCCCC/C=C\CCCCCCC. The van der Waals surface area contributed by atoms with Crippen molar-refractivity contribution in [1.29, 1.82) is 0 Å². The lowest BCUT2D eigenvalue weighted by Crippen LogP contribution is -2.30. The first-order valence-corrected chi connectivity index (χ1v) is 28.0. The summed E-state index contributed by atoms with van der Waals surface area (Å²) in [6.45, 7) is 6.63. The van der Waals surface area contributed by atoms with Gasteiger partial charge in [0.15, 0.2) is 6.10 Å². The maximum atomic E-state index is 12.8. The van der Waals surface area contributed by atoms with Crippen LogP contribution in [-0.2, 0) is 28.6 Å². The highest BCUT2D eigenvalue weighted by molar-refractivity contribution is 5.71. The lowest BCUT2D eigenvalue weighted by atomic mass is 10.1. The number of carbonyl (C=O) groups excluding carboxylic acids is 3. The standard InChI is InChI=1S/C58H106O6/c1-4-7-10-13-16-19-22-25-28-29-30-31-34-36-39-42-45-48-51-57(60)63-54-55(64-58(61)52-49-46-43-40-37-33-27-24-21-18-15-12-9-6-3)53-62-56(59)50-47-44-41-38-35-32-26-23-20-17-14-11-8-5-2/h23-24,26-29,55H,4-22,25,30-54H2,1-3H3/b26-23-,27-24-,29-28-. The van der Waals surface area contributed by atoms with Gasteiger partial charge in [0, 0.05) is 19.3 Å². The van der Waals surface area contributed by atoms with Crippen LogP contribution in [0.15, 0.2) is 36.5 Å². The number of hydrogen-bond acceptors (Lipinski definition) is 6. The number of allylic oxidation sites excluding steroid dienone is 6. The minimum absolute atomic E-state index is 0.0785. The van der Waals surface area contributed by atoms with Crippen molar-refractivity contribution in [2.45, 2.75) is 303 Å². The predicted molar refractivity (Wildman–Crippen MR) is 275 cm³/mol. The van der Waals surface area contributed by atoms with Gasteiger partial charge in [0.25, 0.3) is 0 Å². The average Bonchev–Trinajstić information content (AvgIpc) is 3.29. The Bertz CT molecular complexity index is 1080. The van der Waals surface area contributed by atoms with Crippen LogP contribution in [-0.4, -0.2) is 37.2 Å². The number of unbranched alkanes of at least 4 members (excludes halogenated alkanes) is 34. The van der Waals surface area contributed by atoms with Crippen LogP contribution < -0.4 is 0 Å². The van der Waals surface area contributed by atoms with Crippen molar-refractivity contribution >= 4 is 17.9 Å². The van der Waals surface area contributed by atoms with E-state index in [1.807, 2.05) is 0 Å². The molecule has 0 amide bonds. The van der Waals surface area contributed by atoms with E-state index in [4.69, 9.17) is 14.2 Å².